The monoisotopic (exact) mass is 218 g/mol. The summed E-state index contributed by atoms with van der Waals surface area (Å²) < 4.78 is 5.54. The standard InChI is InChI=1S/C13H18N2O/c1-4-15-13(9-14)11-5-7-12(8-6-11)16-10(2)3/h5-8,10,13,15H,4H2,1-3H3. The van der Waals surface area contributed by atoms with Crippen LogP contribution < -0.4 is 10.1 Å². The van der Waals surface area contributed by atoms with Crippen molar-refractivity contribution in [3.8, 4) is 11.8 Å². The Morgan fingerprint density at radius 3 is 2.38 bits per heavy atom. The van der Waals surface area contributed by atoms with E-state index in [1.165, 1.54) is 0 Å². The molecular weight excluding hydrogens is 200 g/mol. The summed E-state index contributed by atoms with van der Waals surface area (Å²) in [6, 6.07) is 9.64. The van der Waals surface area contributed by atoms with Gasteiger partial charge in [-0.05, 0) is 38.1 Å². The van der Waals surface area contributed by atoms with E-state index in [9.17, 15) is 0 Å². The SMILES string of the molecule is CCNC(C#N)c1ccc(OC(C)C)cc1. The van der Waals surface area contributed by atoms with Gasteiger partial charge in [0.25, 0.3) is 0 Å². The summed E-state index contributed by atoms with van der Waals surface area (Å²) in [6.07, 6.45) is 0.173. The first-order valence-electron chi connectivity index (χ1n) is 5.57. The minimum atomic E-state index is -0.238. The summed E-state index contributed by atoms with van der Waals surface area (Å²) in [6.45, 7) is 6.75. The van der Waals surface area contributed by atoms with Crippen molar-refractivity contribution in [3.05, 3.63) is 29.8 Å². The Hall–Kier alpha value is -1.53. The number of nitrogens with one attached hydrogen (secondary N) is 1. The minimum absolute atomic E-state index is 0.173. The molecule has 0 saturated carbocycles. The normalized spacial score (nSPS) is 12.2. The van der Waals surface area contributed by atoms with Gasteiger partial charge in [-0.2, -0.15) is 5.26 Å². The van der Waals surface area contributed by atoms with Gasteiger partial charge in [0.1, 0.15) is 11.8 Å². The molecule has 1 aromatic carbocycles. The first kappa shape index (κ1) is 12.5. The topological polar surface area (TPSA) is 45.0 Å². The molecule has 0 bridgehead atoms. The first-order valence-corrected chi connectivity index (χ1v) is 5.57. The van der Waals surface area contributed by atoms with E-state index < -0.39 is 0 Å². The maximum absolute atomic E-state index is 8.98. The number of nitriles is 1. The fourth-order valence-corrected chi connectivity index (χ4v) is 1.45. The zero-order valence-corrected chi connectivity index (χ0v) is 10.0. The highest BCUT2D eigenvalue weighted by Gasteiger charge is 2.08. The van der Waals surface area contributed by atoms with Gasteiger partial charge in [-0.25, -0.2) is 0 Å². The van der Waals surface area contributed by atoms with Gasteiger partial charge >= 0.3 is 0 Å². The van der Waals surface area contributed by atoms with Crippen LogP contribution in [0.5, 0.6) is 5.75 Å². The fourth-order valence-electron chi connectivity index (χ4n) is 1.45. The lowest BCUT2D eigenvalue weighted by atomic mass is 10.1. The van der Waals surface area contributed by atoms with Crippen LogP contribution in [-0.2, 0) is 0 Å². The highest BCUT2D eigenvalue weighted by molar-refractivity contribution is 5.31. The number of hydrogen-bond donors (Lipinski definition) is 1. The molecule has 86 valence electrons. The second kappa shape index (κ2) is 6.14. The first-order chi connectivity index (χ1) is 7.67. The van der Waals surface area contributed by atoms with E-state index in [-0.39, 0.29) is 12.1 Å². The smallest absolute Gasteiger partial charge is 0.121 e. The van der Waals surface area contributed by atoms with Crippen LogP contribution in [0.25, 0.3) is 0 Å². The van der Waals surface area contributed by atoms with Crippen LogP contribution in [0.1, 0.15) is 32.4 Å². The molecule has 0 heterocycles. The highest BCUT2D eigenvalue weighted by atomic mass is 16.5. The van der Waals surface area contributed by atoms with Crippen molar-refractivity contribution >= 4 is 0 Å². The minimum Gasteiger partial charge on any atom is -0.491 e. The molecule has 0 radical (unpaired) electrons. The van der Waals surface area contributed by atoms with Gasteiger partial charge in [0, 0.05) is 0 Å². The number of ether oxygens (including phenoxy) is 1. The molecule has 1 aromatic rings. The van der Waals surface area contributed by atoms with Crippen molar-refractivity contribution < 1.29 is 4.74 Å². The summed E-state index contributed by atoms with van der Waals surface area (Å²) in [7, 11) is 0. The Balaban J connectivity index is 2.74. The number of nitrogens with zero attached hydrogens (tertiary/aromatic N) is 1. The van der Waals surface area contributed by atoms with Gasteiger partial charge in [0.05, 0.1) is 12.2 Å². The lowest BCUT2D eigenvalue weighted by Gasteiger charge is -2.12. The summed E-state index contributed by atoms with van der Waals surface area (Å²) in [4.78, 5) is 0. The van der Waals surface area contributed by atoms with Crippen LogP contribution >= 0.6 is 0 Å². The van der Waals surface area contributed by atoms with E-state index in [2.05, 4.69) is 11.4 Å². The second-order valence-electron chi connectivity index (χ2n) is 3.86. The summed E-state index contributed by atoms with van der Waals surface area (Å²) >= 11 is 0. The van der Waals surface area contributed by atoms with Crippen LogP contribution in [0, 0.1) is 11.3 Å². The molecule has 0 saturated heterocycles. The molecule has 1 atom stereocenters. The number of benzene rings is 1. The molecular formula is C13H18N2O. The molecule has 3 heteroatoms. The average Bonchev–Trinajstić information content (AvgIpc) is 2.26. The van der Waals surface area contributed by atoms with Gasteiger partial charge in [-0.3, -0.25) is 5.32 Å². The van der Waals surface area contributed by atoms with Gasteiger partial charge < -0.3 is 4.74 Å². The van der Waals surface area contributed by atoms with E-state index in [0.717, 1.165) is 17.9 Å². The largest absolute Gasteiger partial charge is 0.491 e. The quantitative estimate of drug-likeness (QED) is 0.826. The van der Waals surface area contributed by atoms with Crippen molar-refractivity contribution in [2.24, 2.45) is 0 Å². The van der Waals surface area contributed by atoms with Crippen molar-refractivity contribution in [1.29, 1.82) is 5.26 Å². The number of rotatable bonds is 5. The van der Waals surface area contributed by atoms with Gasteiger partial charge in [-0.1, -0.05) is 19.1 Å². The van der Waals surface area contributed by atoms with Gasteiger partial charge in [-0.15, -0.1) is 0 Å². The predicted molar refractivity (Wildman–Crippen MR) is 64.2 cm³/mol. The van der Waals surface area contributed by atoms with Crippen LogP contribution in [0.2, 0.25) is 0 Å². The van der Waals surface area contributed by atoms with Crippen LogP contribution in [0.15, 0.2) is 24.3 Å². The van der Waals surface area contributed by atoms with Crippen molar-refractivity contribution in [2.75, 3.05) is 6.54 Å². The van der Waals surface area contributed by atoms with Gasteiger partial charge in [0.2, 0.25) is 0 Å². The number of hydrogen-bond acceptors (Lipinski definition) is 3. The van der Waals surface area contributed by atoms with Crippen LogP contribution in [0.3, 0.4) is 0 Å². The Morgan fingerprint density at radius 1 is 1.31 bits per heavy atom. The third-order valence-corrected chi connectivity index (χ3v) is 2.12. The molecule has 0 aliphatic rings. The molecule has 16 heavy (non-hydrogen) atoms. The Kier molecular flexibility index (Phi) is 4.81. The highest BCUT2D eigenvalue weighted by Crippen LogP contribution is 2.18. The third-order valence-electron chi connectivity index (χ3n) is 2.12. The molecule has 1 N–H and O–H groups in total. The summed E-state index contributed by atoms with van der Waals surface area (Å²) in [5.41, 5.74) is 0.973. The Morgan fingerprint density at radius 2 is 1.94 bits per heavy atom. The molecule has 0 spiro atoms. The van der Waals surface area contributed by atoms with E-state index >= 15 is 0 Å². The predicted octanol–water partition coefficient (Wildman–Crippen LogP) is 2.65. The second-order valence-corrected chi connectivity index (χ2v) is 3.86. The average molecular weight is 218 g/mol. The van der Waals surface area contributed by atoms with E-state index in [1.54, 1.807) is 0 Å². The molecule has 0 fully saturated rings. The van der Waals surface area contributed by atoms with Crippen LogP contribution in [0.4, 0.5) is 0 Å². The van der Waals surface area contributed by atoms with E-state index in [4.69, 9.17) is 10.00 Å². The van der Waals surface area contributed by atoms with E-state index in [1.807, 2.05) is 45.0 Å². The summed E-state index contributed by atoms with van der Waals surface area (Å²) in [5, 5.41) is 12.1. The lowest BCUT2D eigenvalue weighted by molar-refractivity contribution is 0.242. The van der Waals surface area contributed by atoms with Crippen molar-refractivity contribution in [1.82, 2.24) is 5.32 Å². The fraction of sp³-hybridized carbons (Fsp3) is 0.462. The maximum Gasteiger partial charge on any atom is 0.121 e. The van der Waals surface area contributed by atoms with Crippen molar-refractivity contribution in [3.63, 3.8) is 0 Å². The van der Waals surface area contributed by atoms with Crippen molar-refractivity contribution in [2.45, 2.75) is 32.9 Å². The molecule has 0 aliphatic heterocycles. The Labute approximate surface area is 97.0 Å². The van der Waals surface area contributed by atoms with Crippen LogP contribution in [-0.4, -0.2) is 12.6 Å². The molecule has 3 nitrogen and oxygen atoms in total. The van der Waals surface area contributed by atoms with Gasteiger partial charge in [0.15, 0.2) is 0 Å². The molecule has 0 aromatic heterocycles. The molecule has 1 rings (SSSR count). The zero-order valence-electron chi connectivity index (χ0n) is 10.0. The Bertz CT molecular complexity index is 351. The molecule has 0 amide bonds. The third kappa shape index (κ3) is 3.56. The lowest BCUT2D eigenvalue weighted by Crippen LogP contribution is -2.19. The summed E-state index contributed by atoms with van der Waals surface area (Å²) in [5.74, 6) is 0.840. The maximum atomic E-state index is 8.98. The molecule has 0 aliphatic carbocycles. The zero-order chi connectivity index (χ0) is 12.0. The molecule has 1 unspecified atom stereocenters. The van der Waals surface area contributed by atoms with E-state index in [0.29, 0.717) is 0 Å².